The first kappa shape index (κ1) is 4.91. The Labute approximate surface area is 54.6 Å². The monoisotopic (exact) mass is 122 g/mol. The Morgan fingerprint density at radius 3 is 2.11 bits per heavy atom. The van der Waals surface area contributed by atoms with Crippen molar-refractivity contribution in [1.82, 2.24) is 10.6 Å². The average molecular weight is 122 g/mol. The van der Waals surface area contributed by atoms with Crippen molar-refractivity contribution in [3.05, 3.63) is 23.8 Å². The molecular weight excluding hydrogens is 112 g/mol. The SMILES string of the molecule is C1=CNC2=C(CCC2)N1. The Hall–Kier alpha value is -0.920. The highest BCUT2D eigenvalue weighted by Gasteiger charge is 2.13. The van der Waals surface area contributed by atoms with Gasteiger partial charge in [-0.1, -0.05) is 0 Å². The minimum Gasteiger partial charge on any atom is -0.362 e. The van der Waals surface area contributed by atoms with Crippen LogP contribution in [-0.4, -0.2) is 0 Å². The molecule has 2 aliphatic rings. The molecule has 0 atom stereocenters. The molecule has 2 heteroatoms. The van der Waals surface area contributed by atoms with E-state index in [-0.39, 0.29) is 0 Å². The van der Waals surface area contributed by atoms with Gasteiger partial charge >= 0.3 is 0 Å². The van der Waals surface area contributed by atoms with E-state index in [9.17, 15) is 0 Å². The van der Waals surface area contributed by atoms with E-state index < -0.39 is 0 Å². The summed E-state index contributed by atoms with van der Waals surface area (Å²) in [5.41, 5.74) is 2.77. The Morgan fingerprint density at radius 2 is 1.56 bits per heavy atom. The van der Waals surface area contributed by atoms with E-state index in [1.807, 2.05) is 12.4 Å². The predicted octanol–water partition coefficient (Wildman–Crippen LogP) is 1.05. The first-order valence-corrected chi connectivity index (χ1v) is 3.37. The van der Waals surface area contributed by atoms with Gasteiger partial charge in [0.05, 0.1) is 0 Å². The van der Waals surface area contributed by atoms with Crippen LogP contribution in [0.15, 0.2) is 23.8 Å². The first-order chi connectivity index (χ1) is 4.47. The molecule has 0 amide bonds. The van der Waals surface area contributed by atoms with Crippen LogP contribution < -0.4 is 10.6 Å². The van der Waals surface area contributed by atoms with Gasteiger partial charge in [0, 0.05) is 23.8 Å². The quantitative estimate of drug-likeness (QED) is 0.501. The van der Waals surface area contributed by atoms with Crippen LogP contribution in [0.5, 0.6) is 0 Å². The topological polar surface area (TPSA) is 24.1 Å². The summed E-state index contributed by atoms with van der Waals surface area (Å²) in [7, 11) is 0. The lowest BCUT2D eigenvalue weighted by Gasteiger charge is -2.11. The van der Waals surface area contributed by atoms with Gasteiger partial charge in [-0.2, -0.15) is 0 Å². The molecule has 0 bridgehead atoms. The van der Waals surface area contributed by atoms with Gasteiger partial charge in [-0.25, -0.2) is 0 Å². The van der Waals surface area contributed by atoms with Crippen LogP contribution in [0.25, 0.3) is 0 Å². The third-order valence-electron chi connectivity index (χ3n) is 1.82. The molecule has 0 aromatic heterocycles. The maximum atomic E-state index is 3.22. The molecule has 9 heavy (non-hydrogen) atoms. The summed E-state index contributed by atoms with van der Waals surface area (Å²) in [6.45, 7) is 0. The minimum atomic E-state index is 1.21. The van der Waals surface area contributed by atoms with E-state index in [0.29, 0.717) is 0 Å². The number of allylic oxidation sites excluding steroid dienone is 2. The van der Waals surface area contributed by atoms with Crippen LogP contribution in [-0.2, 0) is 0 Å². The van der Waals surface area contributed by atoms with Crippen molar-refractivity contribution in [3.8, 4) is 0 Å². The standard InChI is InChI=1S/C7H10N2/c1-2-6-7(3-1)9-5-4-8-6/h4-5,8-9H,1-3H2. The molecule has 2 N–H and O–H groups in total. The van der Waals surface area contributed by atoms with Gasteiger partial charge in [0.1, 0.15) is 0 Å². The molecule has 0 aromatic rings. The molecule has 0 fully saturated rings. The van der Waals surface area contributed by atoms with E-state index in [1.165, 1.54) is 30.7 Å². The normalized spacial score (nSPS) is 23.1. The van der Waals surface area contributed by atoms with Crippen molar-refractivity contribution in [1.29, 1.82) is 0 Å². The molecule has 0 unspecified atom stereocenters. The second-order valence-electron chi connectivity index (χ2n) is 2.43. The molecule has 2 nitrogen and oxygen atoms in total. The fraction of sp³-hybridized carbons (Fsp3) is 0.429. The van der Waals surface area contributed by atoms with Crippen LogP contribution in [0.4, 0.5) is 0 Å². The van der Waals surface area contributed by atoms with Gasteiger partial charge in [-0.05, 0) is 19.3 Å². The minimum absolute atomic E-state index is 1.21. The smallest absolute Gasteiger partial charge is 0.0343 e. The third kappa shape index (κ3) is 0.707. The fourth-order valence-corrected chi connectivity index (χ4v) is 1.35. The van der Waals surface area contributed by atoms with Gasteiger partial charge in [0.2, 0.25) is 0 Å². The summed E-state index contributed by atoms with van der Waals surface area (Å²) in [6, 6.07) is 0. The van der Waals surface area contributed by atoms with E-state index in [2.05, 4.69) is 10.6 Å². The second kappa shape index (κ2) is 1.79. The maximum Gasteiger partial charge on any atom is 0.0343 e. The third-order valence-corrected chi connectivity index (χ3v) is 1.82. The van der Waals surface area contributed by atoms with Crippen LogP contribution in [0.2, 0.25) is 0 Å². The summed E-state index contributed by atoms with van der Waals surface area (Å²) in [4.78, 5) is 0. The Balaban J connectivity index is 2.21. The Kier molecular flexibility index (Phi) is 0.979. The highest BCUT2D eigenvalue weighted by molar-refractivity contribution is 5.22. The molecule has 0 radical (unpaired) electrons. The van der Waals surface area contributed by atoms with Crippen molar-refractivity contribution >= 4 is 0 Å². The number of hydrogen-bond acceptors (Lipinski definition) is 2. The zero-order chi connectivity index (χ0) is 6.10. The van der Waals surface area contributed by atoms with Crippen LogP contribution in [0.1, 0.15) is 19.3 Å². The number of nitrogens with one attached hydrogen (secondary N) is 2. The first-order valence-electron chi connectivity index (χ1n) is 3.37. The lowest BCUT2D eigenvalue weighted by atomic mass is 10.3. The van der Waals surface area contributed by atoms with Crippen molar-refractivity contribution in [3.63, 3.8) is 0 Å². The van der Waals surface area contributed by atoms with Crippen molar-refractivity contribution < 1.29 is 0 Å². The van der Waals surface area contributed by atoms with Gasteiger partial charge in [-0.3, -0.25) is 0 Å². The molecule has 48 valence electrons. The van der Waals surface area contributed by atoms with E-state index in [4.69, 9.17) is 0 Å². The zero-order valence-corrected chi connectivity index (χ0v) is 5.28. The molecule has 0 saturated heterocycles. The van der Waals surface area contributed by atoms with Crippen LogP contribution in [0.3, 0.4) is 0 Å². The van der Waals surface area contributed by atoms with Crippen LogP contribution >= 0.6 is 0 Å². The summed E-state index contributed by atoms with van der Waals surface area (Å²) in [5.74, 6) is 0. The highest BCUT2D eigenvalue weighted by Crippen LogP contribution is 2.22. The Morgan fingerprint density at radius 1 is 1.00 bits per heavy atom. The summed E-state index contributed by atoms with van der Waals surface area (Å²) < 4.78 is 0. The predicted molar refractivity (Wildman–Crippen MR) is 36.3 cm³/mol. The molecule has 2 rings (SSSR count). The molecule has 0 spiro atoms. The second-order valence-corrected chi connectivity index (χ2v) is 2.43. The molecule has 1 aliphatic carbocycles. The van der Waals surface area contributed by atoms with Gasteiger partial charge in [0.25, 0.3) is 0 Å². The molecule has 0 aromatic carbocycles. The summed E-state index contributed by atoms with van der Waals surface area (Å²) in [6.07, 6.45) is 7.62. The van der Waals surface area contributed by atoms with Crippen LogP contribution in [0, 0.1) is 0 Å². The Bertz CT molecular complexity index is 161. The fourth-order valence-electron chi connectivity index (χ4n) is 1.35. The number of hydrogen-bond donors (Lipinski definition) is 2. The highest BCUT2D eigenvalue weighted by atomic mass is 15.0. The zero-order valence-electron chi connectivity index (χ0n) is 5.28. The van der Waals surface area contributed by atoms with E-state index >= 15 is 0 Å². The van der Waals surface area contributed by atoms with Crippen molar-refractivity contribution in [2.75, 3.05) is 0 Å². The lowest BCUT2D eigenvalue weighted by Crippen LogP contribution is -2.17. The summed E-state index contributed by atoms with van der Waals surface area (Å²) >= 11 is 0. The maximum absolute atomic E-state index is 3.22. The number of rotatable bonds is 0. The van der Waals surface area contributed by atoms with Crippen molar-refractivity contribution in [2.24, 2.45) is 0 Å². The van der Waals surface area contributed by atoms with E-state index in [1.54, 1.807) is 0 Å². The largest absolute Gasteiger partial charge is 0.362 e. The lowest BCUT2D eigenvalue weighted by molar-refractivity contribution is 0.863. The molecular formula is C7H10N2. The summed E-state index contributed by atoms with van der Waals surface area (Å²) in [5, 5.41) is 6.44. The van der Waals surface area contributed by atoms with Gasteiger partial charge < -0.3 is 10.6 Å². The average Bonchev–Trinajstić information content (AvgIpc) is 2.33. The van der Waals surface area contributed by atoms with Gasteiger partial charge in [-0.15, -0.1) is 0 Å². The van der Waals surface area contributed by atoms with E-state index in [0.717, 1.165) is 0 Å². The van der Waals surface area contributed by atoms with Crippen molar-refractivity contribution in [2.45, 2.75) is 19.3 Å². The molecule has 1 heterocycles. The molecule has 1 aliphatic heterocycles. The van der Waals surface area contributed by atoms with Gasteiger partial charge in [0.15, 0.2) is 0 Å². The molecule has 0 saturated carbocycles.